The number of anilines is 1. The van der Waals surface area contributed by atoms with Gasteiger partial charge in [0.2, 0.25) is 11.7 Å². The van der Waals surface area contributed by atoms with E-state index in [1.807, 2.05) is 12.1 Å². The van der Waals surface area contributed by atoms with Crippen molar-refractivity contribution in [3.8, 4) is 23.3 Å². The lowest BCUT2D eigenvalue weighted by Crippen LogP contribution is -2.40. The number of aryl methyl sites for hydroxylation is 1. The molecular formula is C29H32N2O5S. The molecule has 5 rings (SSSR count). The third-order valence-corrected chi connectivity index (χ3v) is 9.01. The number of carbonyl (C=O) groups is 2. The van der Waals surface area contributed by atoms with Gasteiger partial charge in [0.1, 0.15) is 11.1 Å². The van der Waals surface area contributed by atoms with E-state index in [4.69, 9.17) is 14.2 Å². The van der Waals surface area contributed by atoms with Gasteiger partial charge in [0, 0.05) is 34.9 Å². The SMILES string of the molecule is COc1cc([C@H]2CC(=O)N(c3sc4c(c3C#N)CCCCCC4)C3=C2C(=O)CCC3)cc(OC)c1OC. The predicted molar refractivity (Wildman–Crippen MR) is 142 cm³/mol. The third kappa shape index (κ3) is 4.40. The van der Waals surface area contributed by atoms with Crippen LogP contribution in [0, 0.1) is 11.3 Å². The molecule has 8 heteroatoms. The Hall–Kier alpha value is -3.31. The van der Waals surface area contributed by atoms with Gasteiger partial charge in [0.15, 0.2) is 17.3 Å². The molecule has 0 saturated carbocycles. The topological polar surface area (TPSA) is 88.9 Å². The van der Waals surface area contributed by atoms with Gasteiger partial charge in [-0.3, -0.25) is 14.5 Å². The molecule has 1 atom stereocenters. The van der Waals surface area contributed by atoms with Crippen molar-refractivity contribution >= 4 is 28.0 Å². The van der Waals surface area contributed by atoms with Crippen LogP contribution in [0.4, 0.5) is 5.00 Å². The lowest BCUT2D eigenvalue weighted by molar-refractivity contribution is -0.119. The average molecular weight is 521 g/mol. The van der Waals surface area contributed by atoms with Crippen molar-refractivity contribution in [3.05, 3.63) is 45.0 Å². The Labute approximate surface area is 221 Å². The first-order valence-electron chi connectivity index (χ1n) is 13.0. The van der Waals surface area contributed by atoms with E-state index in [0.717, 1.165) is 42.5 Å². The van der Waals surface area contributed by atoms with Crippen LogP contribution in [0.1, 0.15) is 78.9 Å². The monoisotopic (exact) mass is 520 g/mol. The minimum absolute atomic E-state index is 0.0610. The predicted octanol–water partition coefficient (Wildman–Crippen LogP) is 5.83. The quantitative estimate of drug-likeness (QED) is 0.493. The minimum atomic E-state index is -0.410. The van der Waals surface area contributed by atoms with Gasteiger partial charge in [-0.05, 0) is 61.8 Å². The smallest absolute Gasteiger partial charge is 0.232 e. The number of Topliss-reactive ketones (excluding diaryl/α,β-unsaturated/α-hetero) is 1. The van der Waals surface area contributed by atoms with Gasteiger partial charge in [-0.2, -0.15) is 5.26 Å². The number of ketones is 1. The van der Waals surface area contributed by atoms with Gasteiger partial charge < -0.3 is 14.2 Å². The van der Waals surface area contributed by atoms with E-state index in [1.54, 1.807) is 37.6 Å². The normalized spacial score (nSPS) is 19.9. The van der Waals surface area contributed by atoms with Crippen molar-refractivity contribution in [2.75, 3.05) is 26.2 Å². The second-order valence-corrected chi connectivity index (χ2v) is 10.9. The second kappa shape index (κ2) is 10.6. The number of hydrogen-bond donors (Lipinski definition) is 0. The van der Waals surface area contributed by atoms with E-state index in [-0.39, 0.29) is 18.1 Å². The number of rotatable bonds is 5. The molecule has 1 aromatic carbocycles. The first kappa shape index (κ1) is 25.3. The molecule has 3 aliphatic rings. The Morgan fingerprint density at radius 1 is 0.919 bits per heavy atom. The third-order valence-electron chi connectivity index (χ3n) is 7.73. The molecule has 0 N–H and O–H groups in total. The molecule has 0 unspecified atom stereocenters. The number of amides is 1. The number of methoxy groups -OCH3 is 3. The molecule has 37 heavy (non-hydrogen) atoms. The molecule has 194 valence electrons. The van der Waals surface area contributed by atoms with Gasteiger partial charge in [-0.1, -0.05) is 12.8 Å². The number of nitriles is 1. The van der Waals surface area contributed by atoms with Crippen molar-refractivity contribution < 1.29 is 23.8 Å². The van der Waals surface area contributed by atoms with E-state index in [2.05, 4.69) is 6.07 Å². The number of allylic oxidation sites excluding steroid dienone is 2. The molecule has 0 fully saturated rings. The van der Waals surface area contributed by atoms with Crippen LogP contribution in [-0.4, -0.2) is 33.0 Å². The summed E-state index contributed by atoms with van der Waals surface area (Å²) in [6, 6.07) is 6.09. The van der Waals surface area contributed by atoms with Crippen LogP contribution in [0.3, 0.4) is 0 Å². The molecule has 2 aliphatic carbocycles. The van der Waals surface area contributed by atoms with Crippen molar-refractivity contribution in [2.45, 2.75) is 70.1 Å². The Bertz CT molecular complexity index is 1290. The van der Waals surface area contributed by atoms with E-state index >= 15 is 0 Å². The number of nitrogens with zero attached hydrogens (tertiary/aromatic N) is 2. The molecule has 0 spiro atoms. The maximum atomic E-state index is 13.9. The van der Waals surface area contributed by atoms with E-state index in [0.29, 0.717) is 52.6 Å². The number of ether oxygens (including phenoxy) is 3. The van der Waals surface area contributed by atoms with E-state index in [9.17, 15) is 14.9 Å². The molecule has 0 radical (unpaired) electrons. The van der Waals surface area contributed by atoms with Crippen LogP contribution < -0.4 is 19.1 Å². The molecule has 1 aromatic heterocycles. The van der Waals surface area contributed by atoms with Crippen molar-refractivity contribution in [1.29, 1.82) is 5.26 Å². The van der Waals surface area contributed by atoms with Crippen LogP contribution in [0.5, 0.6) is 17.2 Å². The van der Waals surface area contributed by atoms with Crippen LogP contribution in [0.25, 0.3) is 0 Å². The number of carbonyl (C=O) groups excluding carboxylic acids is 2. The molecule has 7 nitrogen and oxygen atoms in total. The highest BCUT2D eigenvalue weighted by Crippen LogP contribution is 2.49. The maximum absolute atomic E-state index is 13.9. The fourth-order valence-electron chi connectivity index (χ4n) is 5.99. The van der Waals surface area contributed by atoms with Crippen molar-refractivity contribution in [3.63, 3.8) is 0 Å². The van der Waals surface area contributed by atoms with Crippen LogP contribution in [-0.2, 0) is 22.4 Å². The van der Waals surface area contributed by atoms with Gasteiger partial charge in [-0.25, -0.2) is 0 Å². The average Bonchev–Trinajstić information content (AvgIpc) is 3.22. The molecule has 2 heterocycles. The summed E-state index contributed by atoms with van der Waals surface area (Å²) in [6.07, 6.45) is 8.23. The van der Waals surface area contributed by atoms with Gasteiger partial charge in [-0.15, -0.1) is 11.3 Å². The largest absolute Gasteiger partial charge is 0.493 e. The van der Waals surface area contributed by atoms with Crippen LogP contribution in [0.2, 0.25) is 0 Å². The highest BCUT2D eigenvalue weighted by molar-refractivity contribution is 7.16. The fraction of sp³-hybridized carbons (Fsp3) is 0.483. The molecule has 0 saturated heterocycles. The van der Waals surface area contributed by atoms with Gasteiger partial charge in [0.05, 0.1) is 26.9 Å². The maximum Gasteiger partial charge on any atom is 0.232 e. The molecule has 2 aromatic rings. The van der Waals surface area contributed by atoms with Crippen molar-refractivity contribution in [2.24, 2.45) is 0 Å². The molecule has 1 aliphatic heterocycles. The van der Waals surface area contributed by atoms with Gasteiger partial charge >= 0.3 is 0 Å². The summed E-state index contributed by atoms with van der Waals surface area (Å²) < 4.78 is 16.6. The lowest BCUT2D eigenvalue weighted by atomic mass is 9.77. The highest BCUT2D eigenvalue weighted by Gasteiger charge is 2.42. The molecule has 0 bridgehead atoms. The first-order valence-corrected chi connectivity index (χ1v) is 13.8. The van der Waals surface area contributed by atoms with Crippen LogP contribution in [0.15, 0.2) is 23.4 Å². The number of benzene rings is 1. The van der Waals surface area contributed by atoms with E-state index in [1.165, 1.54) is 17.7 Å². The summed E-state index contributed by atoms with van der Waals surface area (Å²) in [5.41, 5.74) is 3.92. The lowest BCUT2D eigenvalue weighted by Gasteiger charge is -2.38. The Morgan fingerprint density at radius 2 is 1.62 bits per heavy atom. The zero-order valence-corrected chi connectivity index (χ0v) is 22.5. The Kier molecular flexibility index (Phi) is 7.25. The Morgan fingerprint density at radius 3 is 2.27 bits per heavy atom. The number of hydrogen-bond acceptors (Lipinski definition) is 7. The molecular weight excluding hydrogens is 488 g/mol. The zero-order chi connectivity index (χ0) is 26.1. The minimum Gasteiger partial charge on any atom is -0.493 e. The first-order chi connectivity index (χ1) is 18.0. The summed E-state index contributed by atoms with van der Waals surface area (Å²) in [6.45, 7) is 0. The number of thiophene rings is 1. The summed E-state index contributed by atoms with van der Waals surface area (Å²) in [7, 11) is 4.65. The van der Waals surface area contributed by atoms with Crippen molar-refractivity contribution in [1.82, 2.24) is 0 Å². The summed E-state index contributed by atoms with van der Waals surface area (Å²) >= 11 is 1.57. The second-order valence-electron chi connectivity index (χ2n) is 9.79. The Balaban J connectivity index is 1.66. The van der Waals surface area contributed by atoms with Gasteiger partial charge in [0.25, 0.3) is 0 Å². The summed E-state index contributed by atoms with van der Waals surface area (Å²) in [5.74, 6) is 1.01. The fourth-order valence-corrected chi connectivity index (χ4v) is 7.37. The number of fused-ring (bicyclic) bond motifs is 1. The van der Waals surface area contributed by atoms with Crippen LogP contribution >= 0.6 is 11.3 Å². The standard InChI is InChI=1S/C29H32N2O5S/c1-34-23-13-17(14-24(35-2)28(23)36-3)19-15-26(33)31(21-10-8-11-22(32)27(19)21)29-20(16-30)18-9-6-4-5-7-12-25(18)37-29/h13-14,19H,4-12,15H2,1-3H3/t19-/m1/s1. The molecule has 1 amide bonds. The summed E-state index contributed by atoms with van der Waals surface area (Å²) in [4.78, 5) is 30.2. The zero-order valence-electron chi connectivity index (χ0n) is 21.6. The highest BCUT2D eigenvalue weighted by atomic mass is 32.1. The summed E-state index contributed by atoms with van der Waals surface area (Å²) in [5, 5.41) is 10.9. The van der Waals surface area contributed by atoms with E-state index < -0.39 is 5.92 Å².